The quantitative estimate of drug-likeness (QED) is 0.841. The smallest absolute Gasteiger partial charge is 0.326 e. The maximum absolute atomic E-state index is 11.1. The predicted molar refractivity (Wildman–Crippen MR) is 61.6 cm³/mol. The lowest BCUT2D eigenvalue weighted by Gasteiger charge is -2.28. The molecule has 1 aromatic rings. The van der Waals surface area contributed by atoms with Crippen LogP contribution < -0.4 is 4.90 Å². The molecular weight excluding hydrogens is 204 g/mol. The number of anilines is 1. The van der Waals surface area contributed by atoms with Crippen LogP contribution in [0.2, 0.25) is 0 Å². The summed E-state index contributed by atoms with van der Waals surface area (Å²) in [7, 11) is 0. The zero-order valence-electron chi connectivity index (χ0n) is 9.55. The zero-order valence-corrected chi connectivity index (χ0v) is 9.55. The second kappa shape index (κ2) is 4.12. The van der Waals surface area contributed by atoms with Crippen molar-refractivity contribution in [3.05, 3.63) is 23.9 Å². The van der Waals surface area contributed by atoms with Gasteiger partial charge in [-0.3, -0.25) is 0 Å². The number of carbonyl (C=O) groups is 1. The van der Waals surface area contributed by atoms with E-state index in [1.807, 2.05) is 24.0 Å². The lowest BCUT2D eigenvalue weighted by atomic mass is 10.2. The summed E-state index contributed by atoms with van der Waals surface area (Å²) in [5.74, 6) is 0.0110. The van der Waals surface area contributed by atoms with Gasteiger partial charge in [-0.15, -0.1) is 0 Å². The first-order chi connectivity index (χ1) is 7.61. The highest BCUT2D eigenvalue weighted by atomic mass is 16.4. The zero-order chi connectivity index (χ0) is 11.7. The second-order valence-corrected chi connectivity index (χ2v) is 4.30. The maximum atomic E-state index is 11.1. The van der Waals surface area contributed by atoms with Gasteiger partial charge in [0.1, 0.15) is 11.9 Å². The Kier molecular flexibility index (Phi) is 2.81. The number of aliphatic carboxylic acids is 1. The molecule has 1 saturated carbocycles. The lowest BCUT2D eigenvalue weighted by molar-refractivity contribution is -0.138. The van der Waals surface area contributed by atoms with Crippen molar-refractivity contribution < 1.29 is 9.90 Å². The topological polar surface area (TPSA) is 53.4 Å². The number of aryl methyl sites for hydroxylation is 1. The number of hydrogen-bond acceptors (Lipinski definition) is 3. The molecular formula is C12H16N2O2. The summed E-state index contributed by atoms with van der Waals surface area (Å²) >= 11 is 0. The molecule has 1 heterocycles. The van der Waals surface area contributed by atoms with Crippen molar-refractivity contribution in [2.45, 2.75) is 38.8 Å². The Morgan fingerprint density at radius 3 is 2.81 bits per heavy atom. The van der Waals surface area contributed by atoms with E-state index in [0.717, 1.165) is 24.2 Å². The Bertz CT molecular complexity index is 402. The van der Waals surface area contributed by atoms with Crippen LogP contribution in [0, 0.1) is 6.92 Å². The third-order valence-electron chi connectivity index (χ3n) is 2.94. The number of carboxylic acids is 1. The van der Waals surface area contributed by atoms with Crippen LogP contribution in [0.5, 0.6) is 0 Å². The van der Waals surface area contributed by atoms with E-state index in [1.54, 1.807) is 13.1 Å². The molecule has 1 atom stereocenters. The van der Waals surface area contributed by atoms with Crippen LogP contribution in [-0.2, 0) is 4.79 Å². The van der Waals surface area contributed by atoms with Gasteiger partial charge in [-0.25, -0.2) is 9.78 Å². The van der Waals surface area contributed by atoms with Crippen LogP contribution in [0.15, 0.2) is 18.3 Å². The van der Waals surface area contributed by atoms with E-state index in [0.29, 0.717) is 6.04 Å². The van der Waals surface area contributed by atoms with E-state index in [1.165, 1.54) is 0 Å². The largest absolute Gasteiger partial charge is 0.480 e. The summed E-state index contributed by atoms with van der Waals surface area (Å²) in [5.41, 5.74) is 1.03. The van der Waals surface area contributed by atoms with Crippen LogP contribution in [0.3, 0.4) is 0 Å². The van der Waals surface area contributed by atoms with Gasteiger partial charge < -0.3 is 10.0 Å². The van der Waals surface area contributed by atoms with E-state index in [2.05, 4.69) is 4.98 Å². The van der Waals surface area contributed by atoms with Gasteiger partial charge in [-0.1, -0.05) is 6.07 Å². The number of hydrogen-bond donors (Lipinski definition) is 1. The Hall–Kier alpha value is -1.58. The van der Waals surface area contributed by atoms with Crippen LogP contribution >= 0.6 is 0 Å². The molecule has 0 radical (unpaired) electrons. The lowest BCUT2D eigenvalue weighted by Crippen LogP contribution is -2.41. The molecule has 1 fully saturated rings. The van der Waals surface area contributed by atoms with Gasteiger partial charge in [0, 0.05) is 12.2 Å². The molecule has 1 aliphatic rings. The van der Waals surface area contributed by atoms with E-state index < -0.39 is 12.0 Å². The fourth-order valence-electron chi connectivity index (χ4n) is 1.89. The highest BCUT2D eigenvalue weighted by Gasteiger charge is 2.36. The highest BCUT2D eigenvalue weighted by Crippen LogP contribution is 2.33. The summed E-state index contributed by atoms with van der Waals surface area (Å²) in [6, 6.07) is 3.67. The molecule has 0 bridgehead atoms. The number of pyridine rings is 1. The molecule has 1 unspecified atom stereocenters. The third kappa shape index (κ3) is 2.01. The number of aromatic nitrogens is 1. The Balaban J connectivity index is 2.33. The van der Waals surface area contributed by atoms with Crippen molar-refractivity contribution in [3.8, 4) is 0 Å². The van der Waals surface area contributed by atoms with Gasteiger partial charge >= 0.3 is 5.97 Å². The van der Waals surface area contributed by atoms with Crippen LogP contribution in [0.1, 0.15) is 25.3 Å². The van der Waals surface area contributed by atoms with E-state index in [9.17, 15) is 4.79 Å². The van der Waals surface area contributed by atoms with Crippen LogP contribution in [0.25, 0.3) is 0 Å². The summed E-state index contributed by atoms with van der Waals surface area (Å²) in [5, 5.41) is 9.11. The molecule has 1 aliphatic carbocycles. The van der Waals surface area contributed by atoms with Crippen molar-refractivity contribution in [1.82, 2.24) is 4.98 Å². The summed E-state index contributed by atoms with van der Waals surface area (Å²) in [6.07, 6.45) is 3.84. The molecule has 0 aliphatic heterocycles. The first-order valence-electron chi connectivity index (χ1n) is 5.54. The fourth-order valence-corrected chi connectivity index (χ4v) is 1.89. The molecule has 0 aromatic carbocycles. The molecule has 0 spiro atoms. The van der Waals surface area contributed by atoms with Gasteiger partial charge in [-0.2, -0.15) is 0 Å². The molecule has 86 valence electrons. The molecule has 1 N–H and O–H groups in total. The maximum Gasteiger partial charge on any atom is 0.326 e. The van der Waals surface area contributed by atoms with Crippen molar-refractivity contribution in [3.63, 3.8) is 0 Å². The van der Waals surface area contributed by atoms with Crippen molar-refractivity contribution in [2.75, 3.05) is 4.90 Å². The third-order valence-corrected chi connectivity index (χ3v) is 2.94. The van der Waals surface area contributed by atoms with E-state index >= 15 is 0 Å². The van der Waals surface area contributed by atoms with E-state index in [-0.39, 0.29) is 0 Å². The first kappa shape index (κ1) is 10.9. The van der Waals surface area contributed by atoms with Gasteiger partial charge in [0.25, 0.3) is 0 Å². The standard InChI is InChI=1S/C12H16N2O2/c1-8-4-3-7-13-11(8)14(10-5-6-10)9(2)12(15)16/h3-4,7,9-10H,5-6H2,1-2H3,(H,15,16). The minimum Gasteiger partial charge on any atom is -0.480 e. The van der Waals surface area contributed by atoms with Crippen molar-refractivity contribution in [2.24, 2.45) is 0 Å². The summed E-state index contributed by atoms with van der Waals surface area (Å²) in [4.78, 5) is 17.3. The number of rotatable bonds is 4. The SMILES string of the molecule is Cc1cccnc1N(C1CC1)C(C)C(=O)O. The average molecular weight is 220 g/mol. The van der Waals surface area contributed by atoms with Crippen molar-refractivity contribution in [1.29, 1.82) is 0 Å². The second-order valence-electron chi connectivity index (χ2n) is 4.30. The van der Waals surface area contributed by atoms with E-state index in [4.69, 9.17) is 5.11 Å². The van der Waals surface area contributed by atoms with Crippen LogP contribution in [-0.4, -0.2) is 28.1 Å². The molecule has 4 heteroatoms. The van der Waals surface area contributed by atoms with Gasteiger partial charge in [0.15, 0.2) is 0 Å². The summed E-state index contributed by atoms with van der Waals surface area (Å²) in [6.45, 7) is 3.68. The Labute approximate surface area is 94.9 Å². The molecule has 4 nitrogen and oxygen atoms in total. The van der Waals surface area contributed by atoms with Gasteiger partial charge in [0.2, 0.25) is 0 Å². The normalized spacial score (nSPS) is 16.9. The van der Waals surface area contributed by atoms with Gasteiger partial charge in [0.05, 0.1) is 0 Å². The van der Waals surface area contributed by atoms with Crippen LogP contribution in [0.4, 0.5) is 5.82 Å². The number of nitrogens with zero attached hydrogens (tertiary/aromatic N) is 2. The molecule has 0 saturated heterocycles. The number of carboxylic acid groups (broad SMARTS) is 1. The Morgan fingerprint density at radius 2 is 2.31 bits per heavy atom. The predicted octanol–water partition coefficient (Wildman–Crippen LogP) is 1.83. The molecule has 1 aromatic heterocycles. The van der Waals surface area contributed by atoms with Crippen molar-refractivity contribution >= 4 is 11.8 Å². The minimum absolute atomic E-state index is 0.347. The monoisotopic (exact) mass is 220 g/mol. The molecule has 16 heavy (non-hydrogen) atoms. The summed E-state index contributed by atoms with van der Waals surface area (Å²) < 4.78 is 0. The average Bonchev–Trinajstić information content (AvgIpc) is 3.05. The Morgan fingerprint density at radius 1 is 1.62 bits per heavy atom. The fraction of sp³-hybridized carbons (Fsp3) is 0.500. The minimum atomic E-state index is -0.794. The van der Waals surface area contributed by atoms with Gasteiger partial charge in [-0.05, 0) is 38.3 Å². The molecule has 0 amide bonds. The first-order valence-corrected chi connectivity index (χ1v) is 5.54. The highest BCUT2D eigenvalue weighted by molar-refractivity contribution is 5.78. The molecule has 2 rings (SSSR count).